The highest BCUT2D eigenvalue weighted by molar-refractivity contribution is 6.06. The fourth-order valence-electron chi connectivity index (χ4n) is 3.64. The summed E-state index contributed by atoms with van der Waals surface area (Å²) in [5.74, 6) is 2.35. The number of fused-ring (bicyclic) bond motifs is 1. The molecule has 6 heteroatoms. The number of nitrogens with zero attached hydrogens (tertiary/aromatic N) is 2. The third-order valence-corrected chi connectivity index (χ3v) is 5.51. The Labute approximate surface area is 191 Å². The topological polar surface area (TPSA) is 72.8 Å². The van der Waals surface area contributed by atoms with Gasteiger partial charge in [0.05, 0.1) is 24.4 Å². The summed E-state index contributed by atoms with van der Waals surface area (Å²) >= 11 is 0. The molecule has 164 valence electrons. The van der Waals surface area contributed by atoms with Crippen molar-refractivity contribution in [2.75, 3.05) is 7.11 Å². The molecule has 0 radical (unpaired) electrons. The second-order valence-electron chi connectivity index (χ2n) is 7.94. The van der Waals surface area contributed by atoms with E-state index in [0.29, 0.717) is 23.0 Å². The minimum atomic E-state index is -0.252. The molecule has 1 aliphatic carbocycles. The van der Waals surface area contributed by atoms with Crippen LogP contribution in [0.15, 0.2) is 84.0 Å². The number of amides is 1. The molecular formula is C27H23N3O3. The maximum absolute atomic E-state index is 12.9. The van der Waals surface area contributed by atoms with E-state index in [4.69, 9.17) is 14.5 Å². The largest absolute Gasteiger partial charge is 0.497 e. The number of carbonyl (C=O) groups is 1. The van der Waals surface area contributed by atoms with Gasteiger partial charge in [-0.2, -0.15) is 5.10 Å². The molecule has 0 atom stereocenters. The number of hydrogen-bond donors (Lipinski definition) is 1. The molecule has 0 spiro atoms. The van der Waals surface area contributed by atoms with Crippen molar-refractivity contribution in [2.45, 2.75) is 18.8 Å². The molecule has 1 saturated carbocycles. The van der Waals surface area contributed by atoms with E-state index in [1.807, 2.05) is 78.9 Å². The molecule has 4 aromatic rings. The van der Waals surface area contributed by atoms with Crippen molar-refractivity contribution in [1.29, 1.82) is 0 Å². The van der Waals surface area contributed by atoms with Crippen LogP contribution in [0.4, 0.5) is 0 Å². The number of benzene rings is 3. The minimum absolute atomic E-state index is 0.252. The fraction of sp³-hybridized carbons (Fsp3) is 0.148. The molecule has 1 heterocycles. The first kappa shape index (κ1) is 20.7. The van der Waals surface area contributed by atoms with Crippen molar-refractivity contribution in [1.82, 2.24) is 10.4 Å². The zero-order valence-corrected chi connectivity index (χ0v) is 18.2. The Morgan fingerprint density at radius 1 is 0.970 bits per heavy atom. The van der Waals surface area contributed by atoms with Gasteiger partial charge in [-0.1, -0.05) is 30.3 Å². The Morgan fingerprint density at radius 2 is 1.76 bits per heavy atom. The van der Waals surface area contributed by atoms with Gasteiger partial charge in [-0.05, 0) is 66.9 Å². The van der Waals surface area contributed by atoms with E-state index in [-0.39, 0.29) is 5.91 Å². The molecule has 33 heavy (non-hydrogen) atoms. The molecule has 1 amide bonds. The van der Waals surface area contributed by atoms with Gasteiger partial charge in [0.1, 0.15) is 17.2 Å². The van der Waals surface area contributed by atoms with Crippen molar-refractivity contribution < 1.29 is 14.3 Å². The Bertz CT molecular complexity index is 1330. The summed E-state index contributed by atoms with van der Waals surface area (Å²) in [5.41, 5.74) is 5.87. The highest BCUT2D eigenvalue weighted by Gasteiger charge is 2.26. The van der Waals surface area contributed by atoms with Gasteiger partial charge in [0.15, 0.2) is 0 Å². The van der Waals surface area contributed by atoms with Gasteiger partial charge in [0.2, 0.25) is 0 Å². The average molecular weight is 437 g/mol. The maximum Gasteiger partial charge on any atom is 0.272 e. The third kappa shape index (κ3) is 4.85. The molecule has 1 aromatic heterocycles. The quantitative estimate of drug-likeness (QED) is 0.298. The van der Waals surface area contributed by atoms with Crippen LogP contribution in [0.25, 0.3) is 10.9 Å². The number of aromatic nitrogens is 1. The van der Waals surface area contributed by atoms with Crippen molar-refractivity contribution in [3.05, 3.63) is 95.7 Å². The van der Waals surface area contributed by atoms with Crippen LogP contribution in [0, 0.1) is 0 Å². The standard InChI is InChI=1S/C27H23N3O3/c1-32-20-11-13-21(14-12-20)33-22-6-4-5-18(15-22)17-28-30-27(31)24-16-26(19-9-10-19)29-25-8-3-2-7-23(24)25/h2-8,11-17,19H,9-10H2,1H3,(H,30,31). The smallest absolute Gasteiger partial charge is 0.272 e. The number of carbonyl (C=O) groups excluding carboxylic acids is 1. The van der Waals surface area contributed by atoms with Crippen LogP contribution in [0.3, 0.4) is 0 Å². The van der Waals surface area contributed by atoms with Gasteiger partial charge in [-0.15, -0.1) is 0 Å². The lowest BCUT2D eigenvalue weighted by Gasteiger charge is -2.08. The molecule has 6 nitrogen and oxygen atoms in total. The summed E-state index contributed by atoms with van der Waals surface area (Å²) in [6.45, 7) is 0. The Hall–Kier alpha value is -4.19. The molecule has 1 aliphatic rings. The molecule has 0 aliphatic heterocycles. The predicted molar refractivity (Wildman–Crippen MR) is 128 cm³/mol. The number of hydrazone groups is 1. The minimum Gasteiger partial charge on any atom is -0.497 e. The number of hydrogen-bond acceptors (Lipinski definition) is 5. The summed E-state index contributed by atoms with van der Waals surface area (Å²) in [6, 6.07) is 24.5. The lowest BCUT2D eigenvalue weighted by atomic mass is 10.1. The van der Waals surface area contributed by atoms with Crippen LogP contribution in [0.5, 0.6) is 17.2 Å². The molecule has 0 saturated heterocycles. The summed E-state index contributed by atoms with van der Waals surface area (Å²) in [7, 11) is 1.63. The van der Waals surface area contributed by atoms with Gasteiger partial charge >= 0.3 is 0 Å². The lowest BCUT2D eigenvalue weighted by molar-refractivity contribution is 0.0956. The van der Waals surface area contributed by atoms with Crippen LogP contribution >= 0.6 is 0 Å². The van der Waals surface area contributed by atoms with E-state index < -0.39 is 0 Å². The number of para-hydroxylation sites is 1. The number of methoxy groups -OCH3 is 1. The Balaban J connectivity index is 1.30. The maximum atomic E-state index is 12.9. The highest BCUT2D eigenvalue weighted by atomic mass is 16.5. The molecule has 1 fully saturated rings. The number of nitrogens with one attached hydrogen (secondary N) is 1. The highest BCUT2D eigenvalue weighted by Crippen LogP contribution is 2.40. The molecule has 1 N–H and O–H groups in total. The van der Waals surface area contributed by atoms with Crippen molar-refractivity contribution in [2.24, 2.45) is 5.10 Å². The summed E-state index contributed by atoms with van der Waals surface area (Å²) in [6.07, 6.45) is 3.85. The van der Waals surface area contributed by atoms with E-state index in [9.17, 15) is 4.79 Å². The van der Waals surface area contributed by atoms with E-state index in [1.165, 1.54) is 0 Å². The predicted octanol–water partition coefficient (Wildman–Crippen LogP) is 5.68. The molecule has 3 aromatic carbocycles. The second kappa shape index (κ2) is 9.12. The molecule has 5 rings (SSSR count). The van der Waals surface area contributed by atoms with Gasteiger partial charge in [-0.3, -0.25) is 9.78 Å². The lowest BCUT2D eigenvalue weighted by Crippen LogP contribution is -2.18. The summed E-state index contributed by atoms with van der Waals surface area (Å²) in [4.78, 5) is 17.6. The van der Waals surface area contributed by atoms with E-state index >= 15 is 0 Å². The number of ether oxygens (including phenoxy) is 2. The second-order valence-corrected chi connectivity index (χ2v) is 7.94. The van der Waals surface area contributed by atoms with Gasteiger partial charge in [0, 0.05) is 17.0 Å². The van der Waals surface area contributed by atoms with Gasteiger partial charge < -0.3 is 9.47 Å². The summed E-state index contributed by atoms with van der Waals surface area (Å²) in [5, 5.41) is 4.99. The number of pyridine rings is 1. The Morgan fingerprint density at radius 3 is 2.55 bits per heavy atom. The van der Waals surface area contributed by atoms with Crippen LogP contribution in [0.2, 0.25) is 0 Å². The molecule has 0 unspecified atom stereocenters. The van der Waals surface area contributed by atoms with Gasteiger partial charge in [0.25, 0.3) is 5.91 Å². The first-order valence-electron chi connectivity index (χ1n) is 10.8. The fourth-order valence-corrected chi connectivity index (χ4v) is 3.64. The number of rotatable bonds is 7. The SMILES string of the molecule is COc1ccc(Oc2cccc(C=NNC(=O)c3cc(C4CC4)nc4ccccc34)c2)cc1. The van der Waals surface area contributed by atoms with Crippen LogP contribution in [0.1, 0.15) is 40.4 Å². The van der Waals surface area contributed by atoms with Crippen LogP contribution in [-0.4, -0.2) is 24.2 Å². The normalized spacial score (nSPS) is 13.2. The zero-order valence-electron chi connectivity index (χ0n) is 18.2. The van der Waals surface area contributed by atoms with Crippen LogP contribution < -0.4 is 14.9 Å². The monoisotopic (exact) mass is 437 g/mol. The van der Waals surface area contributed by atoms with Crippen LogP contribution in [-0.2, 0) is 0 Å². The molecule has 0 bridgehead atoms. The Kier molecular flexibility index (Phi) is 5.72. The molecular weight excluding hydrogens is 414 g/mol. The first-order valence-corrected chi connectivity index (χ1v) is 10.8. The van der Waals surface area contributed by atoms with E-state index in [2.05, 4.69) is 10.5 Å². The van der Waals surface area contributed by atoms with Crippen molar-refractivity contribution in [3.8, 4) is 17.2 Å². The van der Waals surface area contributed by atoms with E-state index in [1.54, 1.807) is 13.3 Å². The van der Waals surface area contributed by atoms with Crippen molar-refractivity contribution in [3.63, 3.8) is 0 Å². The third-order valence-electron chi connectivity index (χ3n) is 5.51. The first-order chi connectivity index (χ1) is 16.2. The van der Waals surface area contributed by atoms with E-state index in [0.717, 1.165) is 40.8 Å². The summed E-state index contributed by atoms with van der Waals surface area (Å²) < 4.78 is 11.1. The van der Waals surface area contributed by atoms with Gasteiger partial charge in [-0.25, -0.2) is 5.43 Å². The average Bonchev–Trinajstić information content (AvgIpc) is 3.70. The zero-order chi connectivity index (χ0) is 22.6. The van der Waals surface area contributed by atoms with Crippen molar-refractivity contribution >= 4 is 23.0 Å².